The van der Waals surface area contributed by atoms with Gasteiger partial charge >= 0.3 is 12.0 Å². The highest BCUT2D eigenvalue weighted by Gasteiger charge is 2.34. The molecule has 1 saturated heterocycles. The molecule has 2 amide bonds. The average molecular weight is 311 g/mol. The summed E-state index contributed by atoms with van der Waals surface area (Å²) in [6, 6.07) is -1.00. The number of thiazole rings is 1. The van der Waals surface area contributed by atoms with E-state index < -0.39 is 12.0 Å². The van der Waals surface area contributed by atoms with Crippen LogP contribution in [0.3, 0.4) is 0 Å². The first kappa shape index (κ1) is 15.8. The first-order valence-corrected chi connectivity index (χ1v) is 8.03. The molecular weight excluding hydrogens is 290 g/mol. The Bertz CT molecular complexity index is 517. The molecule has 1 aromatic rings. The van der Waals surface area contributed by atoms with Gasteiger partial charge in [-0.25, -0.2) is 14.6 Å². The van der Waals surface area contributed by atoms with Gasteiger partial charge in [0.1, 0.15) is 6.04 Å². The Hall–Kier alpha value is -1.63. The van der Waals surface area contributed by atoms with Gasteiger partial charge < -0.3 is 15.3 Å². The van der Waals surface area contributed by atoms with Crippen molar-refractivity contribution in [2.24, 2.45) is 5.92 Å². The smallest absolute Gasteiger partial charge is 0.326 e. The molecule has 0 aromatic carbocycles. The molecule has 0 aliphatic carbocycles. The maximum Gasteiger partial charge on any atom is 0.326 e. The fourth-order valence-corrected chi connectivity index (χ4v) is 3.19. The lowest BCUT2D eigenvalue weighted by atomic mass is 9.93. The standard InChI is InChI=1S/C14H21N3O3S/c1-9-4-6-17(12(7-9)13(18)19)14(20)15-5-3-11-8-21-10(2)16-11/h8-9,12H,3-7H2,1-2H3,(H,15,20)(H,18,19). The number of hydrogen-bond acceptors (Lipinski definition) is 4. The monoisotopic (exact) mass is 311 g/mol. The summed E-state index contributed by atoms with van der Waals surface area (Å²) < 4.78 is 0. The average Bonchev–Trinajstić information content (AvgIpc) is 2.84. The molecule has 1 aliphatic heterocycles. The minimum atomic E-state index is -0.924. The largest absolute Gasteiger partial charge is 0.480 e. The van der Waals surface area contributed by atoms with Crippen LogP contribution in [0.2, 0.25) is 0 Å². The molecular formula is C14H21N3O3S. The first-order chi connectivity index (χ1) is 9.97. The summed E-state index contributed by atoms with van der Waals surface area (Å²) in [6.07, 6.45) is 2.04. The van der Waals surface area contributed by atoms with E-state index in [1.807, 2.05) is 19.2 Å². The molecule has 0 radical (unpaired) electrons. The van der Waals surface area contributed by atoms with E-state index in [1.54, 1.807) is 11.3 Å². The minimum Gasteiger partial charge on any atom is -0.480 e. The van der Waals surface area contributed by atoms with E-state index in [4.69, 9.17) is 0 Å². The molecule has 0 saturated carbocycles. The fourth-order valence-electron chi connectivity index (χ4n) is 2.54. The van der Waals surface area contributed by atoms with Crippen molar-refractivity contribution in [2.75, 3.05) is 13.1 Å². The SMILES string of the molecule is Cc1nc(CCNC(=O)N2CCC(C)CC2C(=O)O)cs1. The number of nitrogens with one attached hydrogen (secondary N) is 1. The third-order valence-corrected chi connectivity index (χ3v) is 4.56. The number of carbonyl (C=O) groups excluding carboxylic acids is 1. The number of rotatable bonds is 4. The number of hydrogen-bond donors (Lipinski definition) is 2. The summed E-state index contributed by atoms with van der Waals surface area (Å²) in [7, 11) is 0. The van der Waals surface area contributed by atoms with Crippen LogP contribution in [0, 0.1) is 12.8 Å². The molecule has 2 heterocycles. The number of carboxylic acid groups (broad SMARTS) is 1. The quantitative estimate of drug-likeness (QED) is 0.889. The lowest BCUT2D eigenvalue weighted by Gasteiger charge is -2.35. The third kappa shape index (κ3) is 4.17. The zero-order valence-electron chi connectivity index (χ0n) is 12.3. The second-order valence-electron chi connectivity index (χ2n) is 5.52. The van der Waals surface area contributed by atoms with Crippen LogP contribution >= 0.6 is 11.3 Å². The lowest BCUT2D eigenvalue weighted by Crippen LogP contribution is -2.53. The van der Waals surface area contributed by atoms with Gasteiger partial charge in [0.05, 0.1) is 10.7 Å². The van der Waals surface area contributed by atoms with Gasteiger partial charge in [-0.05, 0) is 25.7 Å². The summed E-state index contributed by atoms with van der Waals surface area (Å²) >= 11 is 1.58. The van der Waals surface area contributed by atoms with Crippen LogP contribution in [0.1, 0.15) is 30.5 Å². The number of likely N-dealkylation sites (tertiary alicyclic amines) is 1. The van der Waals surface area contributed by atoms with E-state index in [1.165, 1.54) is 4.90 Å². The van der Waals surface area contributed by atoms with Crippen molar-refractivity contribution in [2.45, 2.75) is 39.2 Å². The molecule has 0 spiro atoms. The minimum absolute atomic E-state index is 0.291. The van der Waals surface area contributed by atoms with Gasteiger partial charge in [-0.3, -0.25) is 0 Å². The Labute approximate surface area is 128 Å². The van der Waals surface area contributed by atoms with E-state index in [2.05, 4.69) is 10.3 Å². The number of aromatic nitrogens is 1. The van der Waals surface area contributed by atoms with Crippen molar-refractivity contribution >= 4 is 23.3 Å². The van der Waals surface area contributed by atoms with Gasteiger partial charge in [-0.2, -0.15) is 0 Å². The van der Waals surface area contributed by atoms with E-state index in [-0.39, 0.29) is 6.03 Å². The molecule has 1 aromatic heterocycles. The van der Waals surface area contributed by atoms with Gasteiger partial charge in [0.25, 0.3) is 0 Å². The van der Waals surface area contributed by atoms with Gasteiger partial charge in [-0.1, -0.05) is 6.92 Å². The molecule has 7 heteroatoms. The van der Waals surface area contributed by atoms with Crippen LogP contribution in [0.25, 0.3) is 0 Å². The maximum atomic E-state index is 12.1. The lowest BCUT2D eigenvalue weighted by molar-refractivity contribution is -0.143. The summed E-state index contributed by atoms with van der Waals surface area (Å²) in [6.45, 7) is 4.94. The van der Waals surface area contributed by atoms with Crippen LogP contribution in [0.5, 0.6) is 0 Å². The van der Waals surface area contributed by atoms with Crippen LogP contribution in [0.15, 0.2) is 5.38 Å². The number of piperidine rings is 1. The zero-order valence-corrected chi connectivity index (χ0v) is 13.2. The fraction of sp³-hybridized carbons (Fsp3) is 0.643. The Balaban J connectivity index is 1.85. The molecule has 1 aliphatic rings. The Morgan fingerprint density at radius 3 is 2.95 bits per heavy atom. The molecule has 2 unspecified atom stereocenters. The van der Waals surface area contributed by atoms with Crippen molar-refractivity contribution in [1.82, 2.24) is 15.2 Å². The Kier molecular flexibility index (Phi) is 5.17. The highest BCUT2D eigenvalue weighted by molar-refractivity contribution is 7.09. The topological polar surface area (TPSA) is 82.5 Å². The first-order valence-electron chi connectivity index (χ1n) is 7.15. The second-order valence-corrected chi connectivity index (χ2v) is 6.58. The predicted octanol–water partition coefficient (Wildman–Crippen LogP) is 1.89. The summed E-state index contributed by atoms with van der Waals surface area (Å²) in [5.41, 5.74) is 0.958. The molecule has 6 nitrogen and oxygen atoms in total. The summed E-state index contributed by atoms with van der Waals surface area (Å²) in [4.78, 5) is 29.2. The normalized spacial score (nSPS) is 22.1. The number of aryl methyl sites for hydroxylation is 1. The van der Waals surface area contributed by atoms with E-state index >= 15 is 0 Å². The number of urea groups is 1. The van der Waals surface area contributed by atoms with Gasteiger partial charge in [0.2, 0.25) is 0 Å². The molecule has 2 N–H and O–H groups in total. The second kappa shape index (κ2) is 6.89. The number of carbonyl (C=O) groups is 2. The molecule has 21 heavy (non-hydrogen) atoms. The van der Waals surface area contributed by atoms with Crippen LogP contribution in [-0.4, -0.2) is 46.1 Å². The molecule has 0 bridgehead atoms. The van der Waals surface area contributed by atoms with E-state index in [0.717, 1.165) is 17.1 Å². The molecule has 116 valence electrons. The Morgan fingerprint density at radius 1 is 1.57 bits per heavy atom. The van der Waals surface area contributed by atoms with Crippen molar-refractivity contribution in [3.05, 3.63) is 16.1 Å². The highest BCUT2D eigenvalue weighted by atomic mass is 32.1. The highest BCUT2D eigenvalue weighted by Crippen LogP contribution is 2.22. The van der Waals surface area contributed by atoms with Crippen molar-refractivity contribution in [3.63, 3.8) is 0 Å². The number of carboxylic acids is 1. The predicted molar refractivity (Wildman–Crippen MR) is 80.5 cm³/mol. The van der Waals surface area contributed by atoms with Gasteiger partial charge in [-0.15, -0.1) is 11.3 Å². The van der Waals surface area contributed by atoms with Gasteiger partial charge in [0, 0.05) is 24.9 Å². The van der Waals surface area contributed by atoms with Crippen molar-refractivity contribution in [1.29, 1.82) is 0 Å². The number of aliphatic carboxylic acids is 1. The number of nitrogens with zero attached hydrogens (tertiary/aromatic N) is 2. The zero-order chi connectivity index (χ0) is 15.4. The maximum absolute atomic E-state index is 12.1. The van der Waals surface area contributed by atoms with Crippen LogP contribution in [0.4, 0.5) is 4.79 Å². The van der Waals surface area contributed by atoms with E-state index in [0.29, 0.717) is 31.8 Å². The summed E-state index contributed by atoms with van der Waals surface area (Å²) in [5, 5.41) is 15.0. The van der Waals surface area contributed by atoms with Crippen LogP contribution in [-0.2, 0) is 11.2 Å². The number of amides is 2. The van der Waals surface area contributed by atoms with Gasteiger partial charge in [0.15, 0.2) is 0 Å². The van der Waals surface area contributed by atoms with E-state index in [9.17, 15) is 14.7 Å². The van der Waals surface area contributed by atoms with Crippen LogP contribution < -0.4 is 5.32 Å². The Morgan fingerprint density at radius 2 is 2.33 bits per heavy atom. The third-order valence-electron chi connectivity index (χ3n) is 3.73. The molecule has 1 fully saturated rings. The van der Waals surface area contributed by atoms with Crippen molar-refractivity contribution < 1.29 is 14.7 Å². The van der Waals surface area contributed by atoms with Crippen molar-refractivity contribution in [3.8, 4) is 0 Å². The molecule has 2 rings (SSSR count). The summed E-state index contributed by atoms with van der Waals surface area (Å²) in [5.74, 6) is -0.583. The molecule has 2 atom stereocenters.